The minimum absolute atomic E-state index is 0.131. The van der Waals surface area contributed by atoms with Gasteiger partial charge in [-0.15, -0.1) is 0 Å². The standard InChI is InChI=1S/C22H27FN2O2/c1-3-16(2)27-19-10-7-17(8-11-19)22(26)24-18-9-12-21(20(23)15-18)25-13-5-4-6-14-25/h7-12,15-16H,3-6,13-14H2,1-2H3,(H,24,26)/t16-/m0/s1. The van der Waals surface area contributed by atoms with Crippen LogP contribution in [0.15, 0.2) is 42.5 Å². The summed E-state index contributed by atoms with van der Waals surface area (Å²) in [7, 11) is 0. The topological polar surface area (TPSA) is 41.6 Å². The van der Waals surface area contributed by atoms with Crippen LogP contribution in [0, 0.1) is 5.82 Å². The number of amides is 1. The first-order valence-corrected chi connectivity index (χ1v) is 9.69. The fourth-order valence-electron chi connectivity index (χ4n) is 3.18. The van der Waals surface area contributed by atoms with Gasteiger partial charge < -0.3 is 15.0 Å². The highest BCUT2D eigenvalue weighted by Gasteiger charge is 2.16. The minimum atomic E-state index is -0.299. The Morgan fingerprint density at radius 3 is 2.48 bits per heavy atom. The smallest absolute Gasteiger partial charge is 0.255 e. The van der Waals surface area contributed by atoms with E-state index >= 15 is 0 Å². The molecule has 144 valence electrons. The maximum Gasteiger partial charge on any atom is 0.255 e. The second kappa shape index (κ2) is 8.89. The predicted molar refractivity (Wildman–Crippen MR) is 107 cm³/mol. The molecular weight excluding hydrogens is 343 g/mol. The molecule has 0 aromatic heterocycles. The van der Waals surface area contributed by atoms with Gasteiger partial charge in [0.15, 0.2) is 0 Å². The van der Waals surface area contributed by atoms with Crippen LogP contribution >= 0.6 is 0 Å². The molecule has 1 saturated heterocycles. The van der Waals surface area contributed by atoms with Crippen molar-refractivity contribution in [1.82, 2.24) is 0 Å². The molecule has 3 rings (SSSR count). The molecule has 1 heterocycles. The monoisotopic (exact) mass is 370 g/mol. The van der Waals surface area contributed by atoms with E-state index in [-0.39, 0.29) is 17.8 Å². The molecule has 4 nitrogen and oxygen atoms in total. The zero-order valence-electron chi connectivity index (χ0n) is 16.0. The summed E-state index contributed by atoms with van der Waals surface area (Å²) in [5, 5.41) is 2.76. The molecule has 0 radical (unpaired) electrons. The first-order chi connectivity index (χ1) is 13.1. The van der Waals surface area contributed by atoms with E-state index < -0.39 is 0 Å². The van der Waals surface area contributed by atoms with Crippen LogP contribution in [-0.4, -0.2) is 25.1 Å². The van der Waals surface area contributed by atoms with E-state index in [1.54, 1.807) is 36.4 Å². The van der Waals surface area contributed by atoms with Crippen molar-refractivity contribution in [3.63, 3.8) is 0 Å². The maximum atomic E-state index is 14.5. The number of hydrogen-bond acceptors (Lipinski definition) is 3. The predicted octanol–water partition coefficient (Wildman–Crippen LogP) is 5.25. The van der Waals surface area contributed by atoms with Crippen molar-refractivity contribution in [2.75, 3.05) is 23.3 Å². The lowest BCUT2D eigenvalue weighted by molar-refractivity contribution is 0.102. The van der Waals surface area contributed by atoms with E-state index in [4.69, 9.17) is 4.74 Å². The Morgan fingerprint density at radius 1 is 1.15 bits per heavy atom. The van der Waals surface area contributed by atoms with Gasteiger partial charge in [0.1, 0.15) is 11.6 Å². The highest BCUT2D eigenvalue weighted by molar-refractivity contribution is 6.04. The molecule has 1 fully saturated rings. The molecule has 5 heteroatoms. The van der Waals surface area contributed by atoms with Crippen LogP contribution in [-0.2, 0) is 0 Å². The number of halogens is 1. The van der Waals surface area contributed by atoms with Gasteiger partial charge in [-0.1, -0.05) is 6.92 Å². The summed E-state index contributed by atoms with van der Waals surface area (Å²) in [6.45, 7) is 5.83. The Bertz CT molecular complexity index is 770. The maximum absolute atomic E-state index is 14.5. The molecule has 2 aromatic rings. The fraction of sp³-hybridized carbons (Fsp3) is 0.409. The van der Waals surface area contributed by atoms with Crippen LogP contribution in [0.3, 0.4) is 0 Å². The van der Waals surface area contributed by atoms with E-state index in [1.165, 1.54) is 12.5 Å². The normalized spacial score (nSPS) is 15.3. The fourth-order valence-corrected chi connectivity index (χ4v) is 3.18. The summed E-state index contributed by atoms with van der Waals surface area (Å²) in [5.74, 6) is 0.167. The molecule has 2 aromatic carbocycles. The Kier molecular flexibility index (Phi) is 6.32. The van der Waals surface area contributed by atoms with Gasteiger partial charge in [0.25, 0.3) is 5.91 Å². The Balaban J connectivity index is 1.64. The van der Waals surface area contributed by atoms with Gasteiger partial charge in [0, 0.05) is 24.3 Å². The molecule has 1 N–H and O–H groups in total. The third-order valence-electron chi connectivity index (χ3n) is 4.93. The van der Waals surface area contributed by atoms with E-state index in [9.17, 15) is 9.18 Å². The molecule has 1 atom stereocenters. The molecule has 1 amide bonds. The van der Waals surface area contributed by atoms with Crippen molar-refractivity contribution in [2.45, 2.75) is 45.6 Å². The quantitative estimate of drug-likeness (QED) is 0.755. The first kappa shape index (κ1) is 19.2. The van der Waals surface area contributed by atoms with Gasteiger partial charge in [-0.2, -0.15) is 0 Å². The van der Waals surface area contributed by atoms with Crippen molar-refractivity contribution in [2.24, 2.45) is 0 Å². The summed E-state index contributed by atoms with van der Waals surface area (Å²) in [6, 6.07) is 11.9. The third-order valence-corrected chi connectivity index (χ3v) is 4.93. The average Bonchev–Trinajstić information content (AvgIpc) is 2.69. The summed E-state index contributed by atoms with van der Waals surface area (Å²) in [6.07, 6.45) is 4.43. The molecule has 27 heavy (non-hydrogen) atoms. The molecule has 0 saturated carbocycles. The number of benzene rings is 2. The van der Waals surface area contributed by atoms with Crippen LogP contribution in [0.2, 0.25) is 0 Å². The highest BCUT2D eigenvalue weighted by Crippen LogP contribution is 2.26. The van der Waals surface area contributed by atoms with E-state index in [2.05, 4.69) is 17.1 Å². The summed E-state index contributed by atoms with van der Waals surface area (Å²) < 4.78 is 20.2. The lowest BCUT2D eigenvalue weighted by Crippen LogP contribution is -2.30. The summed E-state index contributed by atoms with van der Waals surface area (Å²) >= 11 is 0. The lowest BCUT2D eigenvalue weighted by Gasteiger charge is -2.29. The second-order valence-corrected chi connectivity index (χ2v) is 7.03. The van der Waals surface area contributed by atoms with Crippen LogP contribution in [0.1, 0.15) is 49.9 Å². The SMILES string of the molecule is CC[C@H](C)Oc1ccc(C(=O)Nc2ccc(N3CCCCC3)c(F)c2)cc1. The Labute approximate surface area is 160 Å². The number of rotatable bonds is 6. The number of carbonyl (C=O) groups excluding carboxylic acids is 1. The first-order valence-electron chi connectivity index (χ1n) is 9.69. The van der Waals surface area contributed by atoms with Crippen molar-refractivity contribution in [1.29, 1.82) is 0 Å². The number of hydrogen-bond donors (Lipinski definition) is 1. The van der Waals surface area contributed by atoms with Crippen molar-refractivity contribution < 1.29 is 13.9 Å². The summed E-state index contributed by atoms with van der Waals surface area (Å²) in [5.41, 5.74) is 1.57. The van der Waals surface area contributed by atoms with E-state index in [0.717, 1.165) is 38.1 Å². The number of piperidine rings is 1. The zero-order valence-corrected chi connectivity index (χ0v) is 16.0. The Morgan fingerprint density at radius 2 is 1.85 bits per heavy atom. The number of carbonyl (C=O) groups is 1. The van der Waals surface area contributed by atoms with Gasteiger partial charge in [0.05, 0.1) is 11.8 Å². The number of nitrogens with one attached hydrogen (secondary N) is 1. The minimum Gasteiger partial charge on any atom is -0.491 e. The van der Waals surface area contributed by atoms with Gasteiger partial charge >= 0.3 is 0 Å². The number of nitrogens with zero attached hydrogens (tertiary/aromatic N) is 1. The second-order valence-electron chi connectivity index (χ2n) is 7.03. The van der Waals surface area contributed by atoms with E-state index in [0.29, 0.717) is 16.9 Å². The average molecular weight is 370 g/mol. The molecule has 1 aliphatic heterocycles. The van der Waals surface area contributed by atoms with Gasteiger partial charge in [-0.05, 0) is 75.1 Å². The van der Waals surface area contributed by atoms with Crippen molar-refractivity contribution in [3.8, 4) is 5.75 Å². The van der Waals surface area contributed by atoms with Gasteiger partial charge in [-0.3, -0.25) is 4.79 Å². The van der Waals surface area contributed by atoms with Crippen LogP contribution in [0.5, 0.6) is 5.75 Å². The molecule has 0 bridgehead atoms. The molecular formula is C22H27FN2O2. The van der Waals surface area contributed by atoms with Crippen molar-refractivity contribution >= 4 is 17.3 Å². The molecule has 0 unspecified atom stereocenters. The number of anilines is 2. The third kappa shape index (κ3) is 5.00. The van der Waals surface area contributed by atoms with Gasteiger partial charge in [0.2, 0.25) is 0 Å². The van der Waals surface area contributed by atoms with Crippen LogP contribution in [0.25, 0.3) is 0 Å². The van der Waals surface area contributed by atoms with Gasteiger partial charge in [-0.25, -0.2) is 4.39 Å². The summed E-state index contributed by atoms with van der Waals surface area (Å²) in [4.78, 5) is 14.5. The van der Waals surface area contributed by atoms with E-state index in [1.807, 2.05) is 6.92 Å². The van der Waals surface area contributed by atoms with Crippen LogP contribution in [0.4, 0.5) is 15.8 Å². The lowest BCUT2D eigenvalue weighted by atomic mass is 10.1. The highest BCUT2D eigenvalue weighted by atomic mass is 19.1. The molecule has 1 aliphatic rings. The molecule has 0 aliphatic carbocycles. The Hall–Kier alpha value is -2.56. The largest absolute Gasteiger partial charge is 0.491 e. The zero-order chi connectivity index (χ0) is 19.2. The van der Waals surface area contributed by atoms with Crippen molar-refractivity contribution in [3.05, 3.63) is 53.8 Å². The molecule has 0 spiro atoms. The number of ether oxygens (including phenoxy) is 1. The van der Waals surface area contributed by atoms with Crippen LogP contribution < -0.4 is 15.0 Å².